The summed E-state index contributed by atoms with van der Waals surface area (Å²) in [5.41, 5.74) is 1.38. The van der Waals surface area contributed by atoms with Crippen molar-refractivity contribution in [2.75, 3.05) is 5.88 Å². The van der Waals surface area contributed by atoms with Gasteiger partial charge >= 0.3 is 0 Å². The predicted octanol–water partition coefficient (Wildman–Crippen LogP) is 4.69. The molecule has 0 bridgehead atoms. The Morgan fingerprint density at radius 3 is 1.75 bits per heavy atom. The summed E-state index contributed by atoms with van der Waals surface area (Å²) in [6.07, 6.45) is 19.4. The van der Waals surface area contributed by atoms with Crippen molar-refractivity contribution in [3.8, 4) is 0 Å². The second-order valence-corrected chi connectivity index (χ2v) is 10.1. The highest BCUT2D eigenvalue weighted by atomic mass is 35.5. The summed E-state index contributed by atoms with van der Waals surface area (Å²) in [7, 11) is -1.34. The van der Waals surface area contributed by atoms with E-state index in [-0.39, 0.29) is 0 Å². The highest BCUT2D eigenvalue weighted by Crippen LogP contribution is 2.43. The summed E-state index contributed by atoms with van der Waals surface area (Å²) in [5, 5.41) is 0. The third-order valence-electron chi connectivity index (χ3n) is 3.87. The van der Waals surface area contributed by atoms with Crippen LogP contribution in [0.15, 0.2) is 48.6 Å². The Hall–Kier alpha value is -0.533. The summed E-state index contributed by atoms with van der Waals surface area (Å²) >= 11 is 5.87. The molecule has 0 saturated heterocycles. The average molecular weight is 251 g/mol. The Balaban J connectivity index is 2.17. The van der Waals surface area contributed by atoms with Gasteiger partial charge in [-0.25, -0.2) is 0 Å². The van der Waals surface area contributed by atoms with Gasteiger partial charge in [0.15, 0.2) is 0 Å². The molecule has 0 aromatic carbocycles. The lowest BCUT2D eigenvalue weighted by Gasteiger charge is -2.36. The Morgan fingerprint density at radius 1 is 0.938 bits per heavy atom. The standard InChI is InChI=1S/C14H19ClSi/c1-16(12-6-11-15,13-7-2-3-8-13)14-9-4-5-10-14/h2-5,7-10,13-14H,6,11-12H2,1H3. The maximum Gasteiger partial charge on any atom is 0.0729 e. The third kappa shape index (κ3) is 2.25. The molecule has 0 heterocycles. The Kier molecular flexibility index (Phi) is 3.88. The number of rotatable bonds is 5. The molecule has 86 valence electrons. The van der Waals surface area contributed by atoms with Crippen molar-refractivity contribution in [3.63, 3.8) is 0 Å². The van der Waals surface area contributed by atoms with Gasteiger partial charge in [-0.15, -0.1) is 11.6 Å². The average Bonchev–Trinajstić information content (AvgIpc) is 2.96. The molecule has 0 aromatic heterocycles. The second-order valence-electron chi connectivity index (χ2n) is 4.89. The van der Waals surface area contributed by atoms with Crippen molar-refractivity contribution in [1.82, 2.24) is 0 Å². The van der Waals surface area contributed by atoms with Gasteiger partial charge in [0.05, 0.1) is 8.07 Å². The molecule has 0 radical (unpaired) electrons. The van der Waals surface area contributed by atoms with E-state index in [0.717, 1.165) is 12.3 Å². The molecule has 16 heavy (non-hydrogen) atoms. The van der Waals surface area contributed by atoms with Crippen LogP contribution in [0.4, 0.5) is 0 Å². The van der Waals surface area contributed by atoms with Crippen molar-refractivity contribution >= 4 is 19.7 Å². The van der Waals surface area contributed by atoms with Crippen LogP contribution in [0.3, 0.4) is 0 Å². The van der Waals surface area contributed by atoms with Crippen LogP contribution in [-0.4, -0.2) is 14.0 Å². The zero-order valence-electron chi connectivity index (χ0n) is 9.77. The summed E-state index contributed by atoms with van der Waals surface area (Å²) in [6.45, 7) is 2.52. The summed E-state index contributed by atoms with van der Waals surface area (Å²) in [6, 6.07) is 1.31. The fourth-order valence-electron chi connectivity index (χ4n) is 2.75. The van der Waals surface area contributed by atoms with E-state index in [1.807, 2.05) is 0 Å². The number of hydrogen-bond donors (Lipinski definition) is 0. The van der Waals surface area contributed by atoms with Crippen molar-refractivity contribution in [2.45, 2.75) is 30.1 Å². The normalized spacial score (nSPS) is 20.4. The molecule has 0 fully saturated rings. The Labute approximate surface area is 104 Å². The molecule has 2 rings (SSSR count). The van der Waals surface area contributed by atoms with Gasteiger partial charge in [0.25, 0.3) is 0 Å². The summed E-state index contributed by atoms with van der Waals surface area (Å²) < 4.78 is 0. The van der Waals surface area contributed by atoms with E-state index in [2.05, 4.69) is 55.2 Å². The van der Waals surface area contributed by atoms with Crippen LogP contribution in [0, 0.1) is 0 Å². The molecule has 0 nitrogen and oxygen atoms in total. The lowest BCUT2D eigenvalue weighted by Crippen LogP contribution is -2.38. The molecule has 0 unspecified atom stereocenters. The molecule has 2 heteroatoms. The van der Waals surface area contributed by atoms with Crippen molar-refractivity contribution < 1.29 is 0 Å². The van der Waals surface area contributed by atoms with E-state index >= 15 is 0 Å². The highest BCUT2D eigenvalue weighted by molar-refractivity contribution is 6.83. The van der Waals surface area contributed by atoms with E-state index in [9.17, 15) is 0 Å². The topological polar surface area (TPSA) is 0 Å². The molecule has 0 aliphatic heterocycles. The third-order valence-corrected chi connectivity index (χ3v) is 9.38. The van der Waals surface area contributed by atoms with Crippen LogP contribution >= 0.6 is 11.6 Å². The van der Waals surface area contributed by atoms with Gasteiger partial charge in [-0.05, 0) is 17.5 Å². The number of halogens is 1. The fraction of sp³-hybridized carbons (Fsp3) is 0.429. The summed E-state index contributed by atoms with van der Waals surface area (Å²) in [4.78, 5) is 0. The first-order valence-electron chi connectivity index (χ1n) is 6.03. The number of alkyl halides is 1. The van der Waals surface area contributed by atoms with Crippen LogP contribution in [0.2, 0.25) is 23.7 Å². The van der Waals surface area contributed by atoms with Crippen LogP contribution in [0.1, 0.15) is 6.42 Å². The van der Waals surface area contributed by atoms with E-state index in [0.29, 0.717) is 11.1 Å². The maximum atomic E-state index is 5.87. The monoisotopic (exact) mass is 250 g/mol. The van der Waals surface area contributed by atoms with Crippen molar-refractivity contribution in [2.24, 2.45) is 0 Å². The summed E-state index contributed by atoms with van der Waals surface area (Å²) in [5.74, 6) is 0.795. The second kappa shape index (κ2) is 5.20. The number of hydrogen-bond acceptors (Lipinski definition) is 0. The van der Waals surface area contributed by atoms with Gasteiger partial charge in [-0.2, -0.15) is 0 Å². The zero-order valence-corrected chi connectivity index (χ0v) is 11.5. The highest BCUT2D eigenvalue weighted by Gasteiger charge is 2.39. The van der Waals surface area contributed by atoms with Crippen LogP contribution in [0.5, 0.6) is 0 Å². The predicted molar refractivity (Wildman–Crippen MR) is 75.8 cm³/mol. The van der Waals surface area contributed by atoms with E-state index in [1.165, 1.54) is 6.04 Å². The van der Waals surface area contributed by atoms with Crippen molar-refractivity contribution in [3.05, 3.63) is 48.6 Å². The van der Waals surface area contributed by atoms with Gasteiger partial charge in [0.1, 0.15) is 0 Å². The maximum absolute atomic E-state index is 5.87. The lowest BCUT2D eigenvalue weighted by atomic mass is 10.4. The largest absolute Gasteiger partial charge is 0.127 e. The first-order chi connectivity index (χ1) is 7.77. The minimum absolute atomic E-state index is 0.688. The van der Waals surface area contributed by atoms with Gasteiger partial charge in [0.2, 0.25) is 0 Å². The SMILES string of the molecule is C[Si](CCCCl)(C1C=CC=C1)C1C=CC=C1. The van der Waals surface area contributed by atoms with Crippen LogP contribution in [-0.2, 0) is 0 Å². The molecular formula is C14H19ClSi. The van der Waals surface area contributed by atoms with Crippen LogP contribution < -0.4 is 0 Å². The van der Waals surface area contributed by atoms with Gasteiger partial charge in [-0.3, -0.25) is 0 Å². The Morgan fingerprint density at radius 2 is 1.38 bits per heavy atom. The van der Waals surface area contributed by atoms with Crippen LogP contribution in [0.25, 0.3) is 0 Å². The molecule has 2 aliphatic rings. The van der Waals surface area contributed by atoms with E-state index < -0.39 is 8.07 Å². The first kappa shape index (κ1) is 11.9. The first-order valence-corrected chi connectivity index (χ1v) is 9.43. The van der Waals surface area contributed by atoms with Gasteiger partial charge in [-0.1, -0.05) is 61.2 Å². The molecule has 2 aliphatic carbocycles. The quantitative estimate of drug-likeness (QED) is 0.491. The lowest BCUT2D eigenvalue weighted by molar-refractivity contribution is 0.995. The zero-order chi connectivity index (χ0) is 11.4. The molecule has 0 saturated carbocycles. The molecule has 0 atom stereocenters. The van der Waals surface area contributed by atoms with Crippen molar-refractivity contribution in [1.29, 1.82) is 0 Å². The Bertz CT molecular complexity index is 300. The molecule has 0 amide bonds. The van der Waals surface area contributed by atoms with Gasteiger partial charge < -0.3 is 0 Å². The molecule has 0 N–H and O–H groups in total. The smallest absolute Gasteiger partial charge is 0.0729 e. The molecule has 0 aromatic rings. The number of allylic oxidation sites excluding steroid dienone is 8. The minimum atomic E-state index is -1.34. The minimum Gasteiger partial charge on any atom is -0.127 e. The fourth-order valence-corrected chi connectivity index (χ4v) is 7.36. The van der Waals surface area contributed by atoms with E-state index in [4.69, 9.17) is 11.6 Å². The molecular weight excluding hydrogens is 232 g/mol. The molecule has 0 spiro atoms. The van der Waals surface area contributed by atoms with Gasteiger partial charge in [0, 0.05) is 5.88 Å². The van der Waals surface area contributed by atoms with E-state index in [1.54, 1.807) is 0 Å².